The highest BCUT2D eigenvalue weighted by Gasteiger charge is 2.36. The molecule has 0 radical (unpaired) electrons. The van der Waals surface area contributed by atoms with Crippen molar-refractivity contribution >= 4 is 11.9 Å². The Morgan fingerprint density at radius 2 is 1.96 bits per heavy atom. The van der Waals surface area contributed by atoms with Crippen LogP contribution in [0.15, 0.2) is 0 Å². The van der Waals surface area contributed by atoms with Crippen molar-refractivity contribution in [2.75, 3.05) is 31.1 Å². The molecule has 0 spiro atoms. The van der Waals surface area contributed by atoms with Gasteiger partial charge in [-0.1, -0.05) is 17.9 Å². The molecule has 3 saturated carbocycles. The molecule has 1 atom stereocenters. The highest BCUT2D eigenvalue weighted by atomic mass is 16.2. The number of hydrogen-bond acceptors (Lipinski definition) is 5. The van der Waals surface area contributed by atoms with E-state index < -0.39 is 0 Å². The maximum absolute atomic E-state index is 11.6. The highest BCUT2D eigenvalue weighted by molar-refractivity contribution is 5.73. The van der Waals surface area contributed by atoms with Crippen molar-refractivity contribution in [3.05, 3.63) is 0 Å². The Balaban J connectivity index is 1.44. The van der Waals surface area contributed by atoms with Gasteiger partial charge >= 0.3 is 0 Å². The minimum Gasteiger partial charge on any atom is -0.341 e. The first kappa shape index (κ1) is 15.8. The van der Waals surface area contributed by atoms with Crippen molar-refractivity contribution in [2.24, 2.45) is 17.8 Å². The van der Waals surface area contributed by atoms with E-state index in [4.69, 9.17) is 0 Å². The van der Waals surface area contributed by atoms with Crippen LogP contribution in [0.5, 0.6) is 0 Å². The Hall–Kier alpha value is -1.66. The molecule has 1 unspecified atom stereocenters. The summed E-state index contributed by atoms with van der Waals surface area (Å²) in [5, 5.41) is 12.5. The molecule has 1 aliphatic heterocycles. The zero-order chi connectivity index (χ0) is 16.5. The summed E-state index contributed by atoms with van der Waals surface area (Å²) < 4.78 is 2.02. The number of carbonyl (C=O) groups excluding carboxylic acids is 1. The molecule has 7 nitrogen and oxygen atoms in total. The van der Waals surface area contributed by atoms with Gasteiger partial charge < -0.3 is 9.80 Å². The van der Waals surface area contributed by atoms with Gasteiger partial charge in [-0.2, -0.15) is 0 Å². The maximum atomic E-state index is 11.6. The van der Waals surface area contributed by atoms with Crippen LogP contribution in [0.25, 0.3) is 0 Å². The first-order chi connectivity index (χ1) is 11.7. The lowest BCUT2D eigenvalue weighted by molar-refractivity contribution is -0.128. The van der Waals surface area contributed by atoms with Crippen molar-refractivity contribution in [3.63, 3.8) is 0 Å². The first-order valence-electron chi connectivity index (χ1n) is 9.47. The molecule has 3 aliphatic carbocycles. The van der Waals surface area contributed by atoms with E-state index >= 15 is 0 Å². The van der Waals surface area contributed by atoms with Crippen molar-refractivity contribution < 1.29 is 4.79 Å². The molecular formula is C17H28N6O. The quantitative estimate of drug-likeness (QED) is 0.840. The second kappa shape index (κ2) is 6.69. The summed E-state index contributed by atoms with van der Waals surface area (Å²) in [5.74, 6) is 3.59. The number of fused-ring (bicyclic) bond motifs is 3. The number of tetrazole rings is 1. The summed E-state index contributed by atoms with van der Waals surface area (Å²) in [6.45, 7) is 5.93. The second-order valence-electron chi connectivity index (χ2n) is 7.78. The minimum absolute atomic E-state index is 0.162. The molecular weight excluding hydrogens is 304 g/mol. The van der Waals surface area contributed by atoms with Gasteiger partial charge in [0.15, 0.2) is 0 Å². The predicted octanol–water partition coefficient (Wildman–Crippen LogP) is 1.56. The van der Waals surface area contributed by atoms with E-state index in [2.05, 4.69) is 20.4 Å². The average Bonchev–Trinajstić information content (AvgIpc) is 2.91. The number of rotatable bonds is 3. The van der Waals surface area contributed by atoms with Crippen LogP contribution in [0.4, 0.5) is 5.95 Å². The lowest BCUT2D eigenvalue weighted by Gasteiger charge is -2.42. The number of anilines is 1. The summed E-state index contributed by atoms with van der Waals surface area (Å²) in [6, 6.07) is 0. The van der Waals surface area contributed by atoms with Gasteiger partial charge in [0, 0.05) is 39.6 Å². The van der Waals surface area contributed by atoms with Gasteiger partial charge in [0.25, 0.3) is 0 Å². The van der Waals surface area contributed by atoms with Gasteiger partial charge in [0.2, 0.25) is 11.9 Å². The van der Waals surface area contributed by atoms with Gasteiger partial charge in [0.05, 0.1) is 0 Å². The largest absolute Gasteiger partial charge is 0.341 e. The van der Waals surface area contributed by atoms with E-state index in [0.717, 1.165) is 62.8 Å². The number of aromatic nitrogens is 4. The molecule has 1 saturated heterocycles. The number of nitrogens with zero attached hydrogens (tertiary/aromatic N) is 6. The van der Waals surface area contributed by atoms with Crippen LogP contribution in [0.3, 0.4) is 0 Å². The van der Waals surface area contributed by atoms with E-state index in [1.165, 1.54) is 32.1 Å². The first-order valence-corrected chi connectivity index (χ1v) is 9.47. The van der Waals surface area contributed by atoms with Crippen molar-refractivity contribution in [3.8, 4) is 0 Å². The SMILES string of the molecule is CC(=O)N1CCCN(c2nnnn2CC2CC3CCC2CC3)CC1. The molecule has 1 aromatic rings. The van der Waals surface area contributed by atoms with Gasteiger partial charge in [-0.05, 0) is 53.9 Å². The molecule has 7 heteroatoms. The molecule has 2 heterocycles. The van der Waals surface area contributed by atoms with Crippen LogP contribution in [-0.4, -0.2) is 57.2 Å². The van der Waals surface area contributed by atoms with Gasteiger partial charge in [-0.25, -0.2) is 4.68 Å². The standard InChI is InChI=1S/C17H28N6O/c1-13(24)21-7-2-8-22(10-9-21)17-18-19-20-23(17)12-16-11-14-3-5-15(16)6-4-14/h14-16H,2-12H2,1H3. The fraction of sp³-hybridized carbons (Fsp3) is 0.882. The molecule has 24 heavy (non-hydrogen) atoms. The van der Waals surface area contributed by atoms with Crippen molar-refractivity contribution in [1.82, 2.24) is 25.1 Å². The minimum atomic E-state index is 0.162. The molecule has 0 N–H and O–H groups in total. The number of hydrogen-bond donors (Lipinski definition) is 0. The summed E-state index contributed by atoms with van der Waals surface area (Å²) in [7, 11) is 0. The Labute approximate surface area is 143 Å². The number of carbonyl (C=O) groups is 1. The predicted molar refractivity (Wildman–Crippen MR) is 90.5 cm³/mol. The normalized spacial score (nSPS) is 30.5. The Morgan fingerprint density at radius 3 is 2.67 bits per heavy atom. The van der Waals surface area contributed by atoms with Gasteiger partial charge in [-0.3, -0.25) is 4.79 Å². The third-order valence-electron chi connectivity index (χ3n) is 6.34. The van der Waals surface area contributed by atoms with E-state index in [0.29, 0.717) is 0 Å². The summed E-state index contributed by atoms with van der Waals surface area (Å²) in [4.78, 5) is 15.8. The van der Waals surface area contributed by atoms with Gasteiger partial charge in [0.1, 0.15) is 0 Å². The zero-order valence-corrected chi connectivity index (χ0v) is 14.6. The maximum Gasteiger partial charge on any atom is 0.245 e. The van der Waals surface area contributed by atoms with Crippen molar-refractivity contribution in [2.45, 2.75) is 52.0 Å². The molecule has 5 rings (SSSR count). The lowest BCUT2D eigenvalue weighted by atomic mass is 9.65. The van der Waals surface area contributed by atoms with Crippen LogP contribution in [0, 0.1) is 17.8 Å². The average molecular weight is 332 g/mol. The topological polar surface area (TPSA) is 67.2 Å². The fourth-order valence-corrected chi connectivity index (χ4v) is 4.94. The zero-order valence-electron chi connectivity index (χ0n) is 14.6. The summed E-state index contributed by atoms with van der Waals surface area (Å²) >= 11 is 0. The molecule has 0 aromatic carbocycles. The van der Waals surface area contributed by atoms with Crippen LogP contribution in [-0.2, 0) is 11.3 Å². The third-order valence-corrected chi connectivity index (χ3v) is 6.34. The van der Waals surface area contributed by atoms with E-state index in [9.17, 15) is 4.79 Å². The van der Waals surface area contributed by atoms with Crippen molar-refractivity contribution in [1.29, 1.82) is 0 Å². The lowest BCUT2D eigenvalue weighted by Crippen LogP contribution is -2.36. The van der Waals surface area contributed by atoms with Crippen LogP contribution in [0.1, 0.15) is 45.4 Å². The molecule has 1 aromatic heterocycles. The summed E-state index contributed by atoms with van der Waals surface area (Å²) in [5.41, 5.74) is 0. The van der Waals surface area contributed by atoms with E-state index in [1.54, 1.807) is 6.92 Å². The molecule has 4 aliphatic rings. The molecule has 4 fully saturated rings. The number of amides is 1. The van der Waals surface area contributed by atoms with E-state index in [-0.39, 0.29) is 5.91 Å². The second-order valence-corrected chi connectivity index (χ2v) is 7.78. The Bertz CT molecular complexity index is 579. The van der Waals surface area contributed by atoms with E-state index in [1.807, 2.05) is 9.58 Å². The molecule has 2 bridgehead atoms. The third kappa shape index (κ3) is 3.13. The molecule has 132 valence electrons. The highest BCUT2D eigenvalue weighted by Crippen LogP contribution is 2.45. The van der Waals surface area contributed by atoms with Crippen LogP contribution >= 0.6 is 0 Å². The fourth-order valence-electron chi connectivity index (χ4n) is 4.94. The molecule has 1 amide bonds. The Kier molecular flexibility index (Phi) is 4.41. The van der Waals surface area contributed by atoms with Crippen LogP contribution in [0.2, 0.25) is 0 Å². The van der Waals surface area contributed by atoms with Gasteiger partial charge in [-0.15, -0.1) is 0 Å². The van der Waals surface area contributed by atoms with Crippen LogP contribution < -0.4 is 4.90 Å². The summed E-state index contributed by atoms with van der Waals surface area (Å²) in [6.07, 6.45) is 7.96. The smallest absolute Gasteiger partial charge is 0.245 e. The monoisotopic (exact) mass is 332 g/mol. The Morgan fingerprint density at radius 1 is 1.12 bits per heavy atom.